The molecule has 2 aromatic heterocycles. The Kier molecular flexibility index (Phi) is 5.86. The van der Waals surface area contributed by atoms with Gasteiger partial charge in [0, 0.05) is 49.4 Å². The molecular weight excluding hydrogens is 400 g/mol. The number of hydrogen-bond acceptors (Lipinski definition) is 5. The second-order valence-electron chi connectivity index (χ2n) is 10.7. The Bertz CT molecular complexity index is 986. The lowest BCUT2D eigenvalue weighted by molar-refractivity contribution is -0.143. The van der Waals surface area contributed by atoms with E-state index in [1.54, 1.807) is 0 Å². The van der Waals surface area contributed by atoms with Crippen LogP contribution in [0.2, 0.25) is 0 Å². The third-order valence-electron chi connectivity index (χ3n) is 8.05. The summed E-state index contributed by atoms with van der Waals surface area (Å²) in [4.78, 5) is 23.1. The highest BCUT2D eigenvalue weighted by Crippen LogP contribution is 2.38. The van der Waals surface area contributed by atoms with Gasteiger partial charge in [-0.15, -0.1) is 0 Å². The van der Waals surface area contributed by atoms with Crippen LogP contribution in [0.3, 0.4) is 0 Å². The van der Waals surface area contributed by atoms with Crippen LogP contribution in [0.25, 0.3) is 5.65 Å². The van der Waals surface area contributed by atoms with Gasteiger partial charge in [-0.25, -0.2) is 9.50 Å². The van der Waals surface area contributed by atoms with Gasteiger partial charge in [-0.2, -0.15) is 5.10 Å². The first-order chi connectivity index (χ1) is 15.4. The van der Waals surface area contributed by atoms with Gasteiger partial charge in [0.25, 0.3) is 0 Å². The lowest BCUT2D eigenvalue weighted by atomic mass is 9.74. The molecule has 4 heterocycles. The molecule has 1 saturated carbocycles. The summed E-state index contributed by atoms with van der Waals surface area (Å²) in [7, 11) is 0. The van der Waals surface area contributed by atoms with Crippen LogP contribution in [0.1, 0.15) is 76.1 Å². The minimum Gasteiger partial charge on any atom is -0.355 e. The molecule has 2 N–H and O–H groups in total. The standard InChI is InChI=1S/C25H38N6O/c1-16-7-8-17(2)20(12-16)25(32)30-10-5-4-6-22(30)21-13-23-27-24(18(3)14-31(23)28-21)29-11-9-19(26)15-29/h13-14,16-17,19-20,22H,4-12,15,26H2,1-3H3/t16?,17?,19-,20?,22-/m0/s1. The van der Waals surface area contributed by atoms with Crippen molar-refractivity contribution in [3.05, 3.63) is 23.5 Å². The molecule has 5 atom stereocenters. The van der Waals surface area contributed by atoms with Crippen molar-refractivity contribution >= 4 is 17.4 Å². The number of fused-ring (bicyclic) bond motifs is 1. The Balaban J connectivity index is 1.43. The molecule has 0 aromatic carbocycles. The van der Waals surface area contributed by atoms with E-state index in [0.717, 1.165) is 80.9 Å². The van der Waals surface area contributed by atoms with Gasteiger partial charge >= 0.3 is 0 Å². The lowest BCUT2D eigenvalue weighted by Crippen LogP contribution is -2.45. The van der Waals surface area contributed by atoms with E-state index < -0.39 is 0 Å². The molecule has 3 aliphatic rings. The number of carbonyl (C=O) groups excluding carboxylic acids is 1. The molecule has 32 heavy (non-hydrogen) atoms. The molecule has 0 radical (unpaired) electrons. The largest absolute Gasteiger partial charge is 0.355 e. The van der Waals surface area contributed by atoms with E-state index in [-0.39, 0.29) is 18.0 Å². The van der Waals surface area contributed by atoms with E-state index in [9.17, 15) is 4.79 Å². The predicted molar refractivity (Wildman–Crippen MR) is 127 cm³/mol. The minimum absolute atomic E-state index is 0.0614. The van der Waals surface area contributed by atoms with Crippen LogP contribution in [0.15, 0.2) is 12.3 Å². The molecule has 0 spiro atoms. The monoisotopic (exact) mass is 438 g/mol. The first-order valence-electron chi connectivity index (χ1n) is 12.6. The molecule has 0 bridgehead atoms. The number of rotatable bonds is 3. The normalized spacial score (nSPS) is 31.4. The summed E-state index contributed by atoms with van der Waals surface area (Å²) in [6, 6.07) is 2.38. The van der Waals surface area contributed by atoms with Crippen molar-refractivity contribution in [2.45, 2.75) is 77.8 Å². The van der Waals surface area contributed by atoms with Crippen molar-refractivity contribution in [2.75, 3.05) is 24.5 Å². The zero-order valence-corrected chi connectivity index (χ0v) is 19.8. The Labute approximate surface area is 191 Å². The molecule has 3 fully saturated rings. The zero-order chi connectivity index (χ0) is 22.4. The van der Waals surface area contributed by atoms with Crippen LogP contribution in [0.5, 0.6) is 0 Å². The van der Waals surface area contributed by atoms with Crippen LogP contribution >= 0.6 is 0 Å². The molecule has 5 rings (SSSR count). The van der Waals surface area contributed by atoms with Crippen LogP contribution < -0.4 is 10.6 Å². The number of aryl methyl sites for hydroxylation is 1. The van der Waals surface area contributed by atoms with Gasteiger partial charge in [0.1, 0.15) is 5.82 Å². The molecule has 2 aliphatic heterocycles. The number of anilines is 1. The third-order valence-corrected chi connectivity index (χ3v) is 8.05. The summed E-state index contributed by atoms with van der Waals surface area (Å²) in [5.41, 5.74) is 9.08. The first-order valence-corrected chi connectivity index (χ1v) is 12.6. The second kappa shape index (κ2) is 8.65. The highest BCUT2D eigenvalue weighted by atomic mass is 16.2. The SMILES string of the molecule is Cc1cn2nc([C@@H]3CCCCN3C(=O)C3CC(C)CCC3C)cc2nc1N1CC[C@H](N)C1. The molecule has 7 nitrogen and oxygen atoms in total. The average molecular weight is 439 g/mol. The predicted octanol–water partition coefficient (Wildman–Crippen LogP) is 3.70. The molecule has 2 aromatic rings. The molecule has 7 heteroatoms. The summed E-state index contributed by atoms with van der Waals surface area (Å²) < 4.78 is 1.90. The maximum atomic E-state index is 13.7. The number of carbonyl (C=O) groups is 1. The number of likely N-dealkylation sites (tertiary alicyclic amines) is 1. The van der Waals surface area contributed by atoms with Crippen LogP contribution in [0.4, 0.5) is 5.82 Å². The van der Waals surface area contributed by atoms with Gasteiger partial charge < -0.3 is 15.5 Å². The quantitative estimate of drug-likeness (QED) is 0.790. The number of hydrogen-bond donors (Lipinski definition) is 1. The van der Waals surface area contributed by atoms with E-state index >= 15 is 0 Å². The fourth-order valence-electron chi connectivity index (χ4n) is 6.07. The summed E-state index contributed by atoms with van der Waals surface area (Å²) in [6.45, 7) is 9.30. The van der Waals surface area contributed by atoms with Gasteiger partial charge in [-0.3, -0.25) is 4.79 Å². The van der Waals surface area contributed by atoms with E-state index in [4.69, 9.17) is 15.8 Å². The highest BCUT2D eigenvalue weighted by molar-refractivity contribution is 5.80. The molecule has 3 unspecified atom stereocenters. The molecule has 174 valence electrons. The Hall–Kier alpha value is -2.15. The summed E-state index contributed by atoms with van der Waals surface area (Å²) in [5.74, 6) is 2.63. The van der Waals surface area contributed by atoms with Crippen molar-refractivity contribution in [3.63, 3.8) is 0 Å². The van der Waals surface area contributed by atoms with Gasteiger partial charge in [0.2, 0.25) is 5.91 Å². The summed E-state index contributed by atoms with van der Waals surface area (Å²) in [6.07, 6.45) is 9.73. The number of aromatic nitrogens is 3. The topological polar surface area (TPSA) is 79.8 Å². The van der Waals surface area contributed by atoms with Crippen molar-refractivity contribution < 1.29 is 4.79 Å². The summed E-state index contributed by atoms with van der Waals surface area (Å²) >= 11 is 0. The Morgan fingerprint density at radius 2 is 1.97 bits per heavy atom. The van der Waals surface area contributed by atoms with Gasteiger partial charge in [-0.1, -0.05) is 20.3 Å². The van der Waals surface area contributed by atoms with Gasteiger partial charge in [0.05, 0.1) is 11.7 Å². The zero-order valence-electron chi connectivity index (χ0n) is 19.8. The second-order valence-corrected chi connectivity index (χ2v) is 10.7. The Morgan fingerprint density at radius 1 is 1.12 bits per heavy atom. The third kappa shape index (κ3) is 4.00. The maximum absolute atomic E-state index is 13.7. The number of nitrogens with two attached hydrogens (primary N) is 1. The molecular formula is C25H38N6O. The van der Waals surface area contributed by atoms with Gasteiger partial charge in [-0.05, 0) is 57.3 Å². The van der Waals surface area contributed by atoms with Gasteiger partial charge in [0.15, 0.2) is 5.65 Å². The van der Waals surface area contributed by atoms with Crippen LogP contribution in [-0.2, 0) is 4.79 Å². The highest BCUT2D eigenvalue weighted by Gasteiger charge is 2.38. The summed E-state index contributed by atoms with van der Waals surface area (Å²) in [5, 5.41) is 4.91. The van der Waals surface area contributed by atoms with E-state index in [0.29, 0.717) is 17.7 Å². The van der Waals surface area contributed by atoms with Crippen LogP contribution in [0, 0.1) is 24.7 Å². The fourth-order valence-corrected chi connectivity index (χ4v) is 6.07. The molecule has 2 saturated heterocycles. The Morgan fingerprint density at radius 3 is 2.75 bits per heavy atom. The van der Waals surface area contributed by atoms with Crippen LogP contribution in [-0.4, -0.2) is 51.1 Å². The van der Waals surface area contributed by atoms with Crippen molar-refractivity contribution in [2.24, 2.45) is 23.5 Å². The smallest absolute Gasteiger partial charge is 0.226 e. The first kappa shape index (κ1) is 21.7. The van der Waals surface area contributed by atoms with Crippen molar-refractivity contribution in [1.82, 2.24) is 19.5 Å². The lowest BCUT2D eigenvalue weighted by Gasteiger charge is -2.40. The molecule has 1 aliphatic carbocycles. The van der Waals surface area contributed by atoms with Crippen molar-refractivity contribution in [3.8, 4) is 0 Å². The number of nitrogens with zero attached hydrogens (tertiary/aromatic N) is 5. The minimum atomic E-state index is 0.0614. The maximum Gasteiger partial charge on any atom is 0.226 e. The van der Waals surface area contributed by atoms with E-state index in [1.165, 1.54) is 6.42 Å². The average Bonchev–Trinajstić information content (AvgIpc) is 3.40. The van der Waals surface area contributed by atoms with E-state index in [1.807, 2.05) is 4.52 Å². The van der Waals surface area contributed by atoms with E-state index in [2.05, 4.69) is 42.8 Å². The number of amides is 1. The van der Waals surface area contributed by atoms with Crippen molar-refractivity contribution in [1.29, 1.82) is 0 Å². The fraction of sp³-hybridized carbons (Fsp3) is 0.720. The molecule has 1 amide bonds. The number of piperidine rings is 1.